The number of fused-ring (bicyclic) bond motifs is 2. The molecule has 532 valence electrons. The highest BCUT2D eigenvalue weighted by molar-refractivity contribution is 6.33. The van der Waals surface area contributed by atoms with Crippen molar-refractivity contribution in [1.29, 1.82) is 0 Å². The largest absolute Gasteiger partial charge is 0.480 e. The van der Waals surface area contributed by atoms with Crippen LogP contribution in [0.5, 0.6) is 0 Å². The highest BCUT2D eigenvalue weighted by Crippen LogP contribution is 2.40. The lowest BCUT2D eigenvalue weighted by atomic mass is 9.88. The lowest BCUT2D eigenvalue weighted by Gasteiger charge is -2.36. The molecule has 5 heterocycles. The van der Waals surface area contributed by atoms with Gasteiger partial charge >= 0.3 is 5.97 Å². The minimum atomic E-state index is -1.22. The fourth-order valence-corrected chi connectivity index (χ4v) is 11.4. The first-order valence-electron chi connectivity index (χ1n) is 33.1. The zero-order valence-electron chi connectivity index (χ0n) is 55.8. The molecule has 5 amide bonds. The molecule has 0 radical (unpaired) electrons. The smallest absolute Gasteiger partial charge is 0.322 e. The van der Waals surface area contributed by atoms with Gasteiger partial charge in [0, 0.05) is 113 Å². The van der Waals surface area contributed by atoms with Gasteiger partial charge in [-0.3, -0.25) is 43.0 Å². The standard InChI is InChI=1S/C68H87ClFN15O14/c1-71-67(92)52-6-3-4-8-56(52)78-66-54(69)43-75-68(79-66)77-49-10-12-50(13-11-49)83-23-21-82(22-24-83)25-27-94-29-31-96-33-35-98-37-39-99-38-36-97-34-32-95-30-28-93-26-18-72-59(86)14-15-62(89)84-19-16-47(17-20-84)65-64-51(53-41-58-48(40-55(53)70)42-76-81(58)2)7-5-9-57(64)85(80-65)46-61(88)73-44-60(87)74-45-63(90)91/h3-13,40-43,47H,14-39,44-46H2,1-2H3,(H,71,92)(H,72,86)(H,73,88)(H,74,87)(H,90,91)(H2,75,77,78,79). The maximum atomic E-state index is 15.9. The van der Waals surface area contributed by atoms with Gasteiger partial charge in [-0.05, 0) is 73.0 Å². The molecule has 2 aliphatic heterocycles. The van der Waals surface area contributed by atoms with Gasteiger partial charge in [0.25, 0.3) is 5.91 Å². The number of benzene rings is 4. The normalized spacial score (nSPS) is 13.6. The molecule has 9 rings (SSSR count). The Morgan fingerprint density at radius 2 is 1.28 bits per heavy atom. The van der Waals surface area contributed by atoms with Crippen LogP contribution in [0.3, 0.4) is 0 Å². The van der Waals surface area contributed by atoms with E-state index in [4.69, 9.17) is 55.0 Å². The minimum Gasteiger partial charge on any atom is -0.480 e. The molecule has 7 aromatic rings. The van der Waals surface area contributed by atoms with Crippen molar-refractivity contribution in [3.05, 3.63) is 113 Å². The summed E-state index contributed by atoms with van der Waals surface area (Å²) in [4.78, 5) is 89.9. The topological polar surface area (TPSA) is 331 Å². The van der Waals surface area contributed by atoms with Crippen LogP contribution in [0.2, 0.25) is 5.02 Å². The third-order valence-corrected chi connectivity index (χ3v) is 16.8. The van der Waals surface area contributed by atoms with E-state index in [1.54, 1.807) is 72.3 Å². The molecule has 3 aromatic heterocycles. The molecule has 0 spiro atoms. The van der Waals surface area contributed by atoms with Crippen molar-refractivity contribution in [3.63, 3.8) is 0 Å². The van der Waals surface area contributed by atoms with Gasteiger partial charge in [0.1, 0.15) is 23.9 Å². The van der Waals surface area contributed by atoms with Gasteiger partial charge < -0.3 is 80.0 Å². The predicted octanol–water partition coefficient (Wildman–Crippen LogP) is 4.88. The number of nitrogens with one attached hydrogen (secondary N) is 6. The zero-order valence-corrected chi connectivity index (χ0v) is 56.5. The average molecular weight is 1390 g/mol. The summed E-state index contributed by atoms with van der Waals surface area (Å²) in [6.45, 7) is 10.3. The van der Waals surface area contributed by atoms with Crippen molar-refractivity contribution in [2.75, 3.05) is 181 Å². The molecular formula is C68H87ClFN15O14. The summed E-state index contributed by atoms with van der Waals surface area (Å²) in [6.07, 6.45) is 4.19. The van der Waals surface area contributed by atoms with Crippen molar-refractivity contribution in [3.8, 4) is 11.1 Å². The number of aliphatic carboxylic acids is 1. The number of anilines is 5. The van der Waals surface area contributed by atoms with Crippen molar-refractivity contribution in [1.82, 2.24) is 60.6 Å². The summed E-state index contributed by atoms with van der Waals surface area (Å²) in [5.41, 5.74) is 5.81. The number of carboxylic acids is 1. The van der Waals surface area contributed by atoms with Crippen LogP contribution in [0, 0.1) is 5.82 Å². The molecule has 31 heteroatoms. The van der Waals surface area contributed by atoms with Crippen LogP contribution in [0.4, 0.5) is 33.2 Å². The van der Waals surface area contributed by atoms with Crippen LogP contribution < -0.4 is 36.8 Å². The second-order valence-corrected chi connectivity index (χ2v) is 23.7. The van der Waals surface area contributed by atoms with Crippen LogP contribution in [-0.4, -0.2) is 245 Å². The fraction of sp³-hybridized carbons (Fsp3) is 0.471. The molecule has 2 fully saturated rings. The SMILES string of the molecule is CNC(=O)c1ccccc1Nc1nc(Nc2ccc(N3CCN(CCOCCOCCOCCOCCOCCOCCOCCNC(=O)CCC(=O)N4CCC(c5nn(CC(=O)NCC(=O)NCC(=O)O)c6cccc(-c7cc8c(cnn8C)cc7F)c56)CC4)CC3)cc2)ncc1Cl. The van der Waals surface area contributed by atoms with E-state index in [0.717, 1.165) is 49.6 Å². The van der Waals surface area contributed by atoms with Gasteiger partial charge in [-0.1, -0.05) is 35.9 Å². The van der Waals surface area contributed by atoms with E-state index in [1.807, 2.05) is 18.2 Å². The van der Waals surface area contributed by atoms with Gasteiger partial charge in [0.2, 0.25) is 29.6 Å². The number of carboxylic acid groups (broad SMARTS) is 1. The van der Waals surface area contributed by atoms with Crippen molar-refractivity contribution in [2.24, 2.45) is 7.05 Å². The van der Waals surface area contributed by atoms with E-state index in [9.17, 15) is 28.8 Å². The summed E-state index contributed by atoms with van der Waals surface area (Å²) in [7, 11) is 3.35. The molecule has 4 aromatic carbocycles. The number of rotatable bonds is 41. The molecule has 2 aliphatic rings. The number of piperazine rings is 1. The summed E-state index contributed by atoms with van der Waals surface area (Å²) < 4.78 is 58.5. The third kappa shape index (κ3) is 22.8. The second kappa shape index (κ2) is 39.0. The highest BCUT2D eigenvalue weighted by Gasteiger charge is 2.30. The van der Waals surface area contributed by atoms with Gasteiger partial charge in [-0.2, -0.15) is 15.2 Å². The summed E-state index contributed by atoms with van der Waals surface area (Å²) in [6, 6.07) is 23.8. The lowest BCUT2D eigenvalue weighted by molar-refractivity contribution is -0.137. The lowest BCUT2D eigenvalue weighted by Crippen LogP contribution is -2.47. The number of hydrogen-bond donors (Lipinski definition) is 7. The number of piperidine rings is 1. The summed E-state index contributed by atoms with van der Waals surface area (Å²) in [5.74, 6) is -2.98. The van der Waals surface area contributed by atoms with Gasteiger partial charge in [-0.25, -0.2) is 9.37 Å². The first-order valence-corrected chi connectivity index (χ1v) is 33.5. The number of para-hydroxylation sites is 1. The maximum Gasteiger partial charge on any atom is 0.322 e. The van der Waals surface area contributed by atoms with E-state index in [1.165, 1.54) is 16.9 Å². The van der Waals surface area contributed by atoms with Crippen LogP contribution in [0.1, 0.15) is 47.7 Å². The highest BCUT2D eigenvalue weighted by atomic mass is 35.5. The molecular weight excluding hydrogens is 1310 g/mol. The van der Waals surface area contributed by atoms with Crippen LogP contribution in [0.25, 0.3) is 32.9 Å². The van der Waals surface area contributed by atoms with Crippen molar-refractivity contribution < 1.29 is 71.4 Å². The van der Waals surface area contributed by atoms with Crippen molar-refractivity contribution in [2.45, 2.75) is 38.1 Å². The van der Waals surface area contributed by atoms with Gasteiger partial charge in [-0.15, -0.1) is 0 Å². The minimum absolute atomic E-state index is 0.0140. The molecule has 0 atom stereocenters. The Labute approximate surface area is 577 Å². The average Bonchev–Trinajstić information content (AvgIpc) is 1.62. The number of ether oxygens (including phenoxy) is 7. The third-order valence-electron chi connectivity index (χ3n) is 16.5. The number of halogens is 2. The van der Waals surface area contributed by atoms with Crippen LogP contribution in [0.15, 0.2) is 91.3 Å². The number of nitrogens with zero attached hydrogens (tertiary/aromatic N) is 9. The van der Waals surface area contributed by atoms with Gasteiger partial charge in [0.05, 0.1) is 139 Å². The Bertz CT molecular complexity index is 3790. The predicted molar refractivity (Wildman–Crippen MR) is 368 cm³/mol. The Balaban J connectivity index is 0.537. The fourth-order valence-electron chi connectivity index (χ4n) is 11.3. The van der Waals surface area contributed by atoms with Crippen molar-refractivity contribution >= 4 is 97.7 Å². The Hall–Kier alpha value is -8.98. The molecule has 99 heavy (non-hydrogen) atoms. The first kappa shape index (κ1) is 74.2. The molecule has 2 saturated heterocycles. The number of carbonyl (C=O) groups excluding carboxylic acids is 5. The number of likely N-dealkylation sites (tertiary alicyclic amines) is 1. The van der Waals surface area contributed by atoms with E-state index < -0.39 is 36.7 Å². The van der Waals surface area contributed by atoms with E-state index in [2.05, 4.69) is 68.9 Å². The number of aromatic nitrogens is 6. The number of hydrogen-bond acceptors (Lipinski definition) is 21. The number of carbonyl (C=O) groups is 6. The van der Waals surface area contributed by atoms with Gasteiger partial charge in [0.15, 0.2) is 5.82 Å². The quantitative estimate of drug-likeness (QED) is 0.0251. The van der Waals surface area contributed by atoms with E-state index in [-0.39, 0.29) is 56.2 Å². The molecule has 0 saturated carbocycles. The maximum absolute atomic E-state index is 15.9. The first-order chi connectivity index (χ1) is 48.2. The summed E-state index contributed by atoms with van der Waals surface area (Å²) in [5, 5.41) is 36.2. The van der Waals surface area contributed by atoms with E-state index >= 15 is 4.39 Å². The van der Waals surface area contributed by atoms with E-state index in [0.29, 0.717) is 173 Å². The monoisotopic (exact) mass is 1390 g/mol. The molecule has 0 bridgehead atoms. The van der Waals surface area contributed by atoms with Crippen LogP contribution in [-0.2, 0) is 70.7 Å². The molecule has 0 unspecified atom stereocenters. The number of amides is 5. The molecule has 29 nitrogen and oxygen atoms in total. The zero-order chi connectivity index (χ0) is 69.7. The summed E-state index contributed by atoms with van der Waals surface area (Å²) >= 11 is 6.41. The number of aryl methyl sites for hydroxylation is 1. The second-order valence-electron chi connectivity index (χ2n) is 23.3. The molecule has 0 aliphatic carbocycles. The Morgan fingerprint density at radius 3 is 1.94 bits per heavy atom. The molecule has 7 N–H and O–H groups in total. The van der Waals surface area contributed by atoms with Crippen LogP contribution >= 0.6 is 11.6 Å². The Morgan fingerprint density at radius 1 is 0.646 bits per heavy atom. The Kier molecular flexibility index (Phi) is 29.2.